The van der Waals surface area contributed by atoms with Crippen molar-refractivity contribution in [1.29, 1.82) is 0 Å². The van der Waals surface area contributed by atoms with Crippen LogP contribution >= 0.6 is 0 Å². The van der Waals surface area contributed by atoms with Crippen molar-refractivity contribution in [3.63, 3.8) is 0 Å². The molecule has 7 nitrogen and oxygen atoms in total. The third-order valence-corrected chi connectivity index (χ3v) is 5.19. The fraction of sp³-hybridized carbons (Fsp3) is 0.417. The average Bonchev–Trinajstić information content (AvgIpc) is 3.08. The number of aromatic nitrogens is 3. The van der Waals surface area contributed by atoms with Gasteiger partial charge in [-0.15, -0.1) is 0 Å². The molecule has 2 amide bonds. The Labute approximate surface area is 183 Å². The van der Waals surface area contributed by atoms with Crippen LogP contribution in [-0.2, 0) is 17.8 Å². The maximum absolute atomic E-state index is 13.1. The minimum atomic E-state index is -0.186. The predicted molar refractivity (Wildman–Crippen MR) is 122 cm³/mol. The molecule has 2 aromatic heterocycles. The van der Waals surface area contributed by atoms with E-state index in [1.165, 1.54) is 0 Å². The molecule has 0 atom stereocenters. The third kappa shape index (κ3) is 5.48. The van der Waals surface area contributed by atoms with Gasteiger partial charge in [0.05, 0.1) is 11.0 Å². The van der Waals surface area contributed by atoms with Crippen molar-refractivity contribution in [2.24, 2.45) is 0 Å². The molecule has 0 saturated heterocycles. The number of hydrogen-bond donors (Lipinski definition) is 1. The van der Waals surface area contributed by atoms with Gasteiger partial charge in [-0.2, -0.15) is 0 Å². The van der Waals surface area contributed by atoms with Gasteiger partial charge in [-0.1, -0.05) is 18.2 Å². The molecule has 0 aliphatic carbocycles. The summed E-state index contributed by atoms with van der Waals surface area (Å²) in [4.78, 5) is 36.0. The van der Waals surface area contributed by atoms with E-state index < -0.39 is 0 Å². The lowest BCUT2D eigenvalue weighted by Crippen LogP contribution is -2.43. The van der Waals surface area contributed by atoms with Crippen molar-refractivity contribution in [3.05, 3.63) is 60.2 Å². The van der Waals surface area contributed by atoms with Crippen LogP contribution in [0.1, 0.15) is 50.4 Å². The quantitative estimate of drug-likeness (QED) is 0.537. The molecule has 164 valence electrons. The molecule has 0 unspecified atom stereocenters. The van der Waals surface area contributed by atoms with Crippen LogP contribution in [0.5, 0.6) is 0 Å². The largest absolute Gasteiger partial charge is 0.351 e. The summed E-state index contributed by atoms with van der Waals surface area (Å²) in [5.74, 6) is 0.751. The minimum Gasteiger partial charge on any atom is -0.351 e. The molecule has 2 heterocycles. The first-order chi connectivity index (χ1) is 14.9. The van der Waals surface area contributed by atoms with Gasteiger partial charge in [-0.3, -0.25) is 14.6 Å². The minimum absolute atomic E-state index is 0.0813. The van der Waals surface area contributed by atoms with E-state index in [1.807, 2.05) is 61.4 Å². The topological polar surface area (TPSA) is 80.1 Å². The lowest BCUT2D eigenvalue weighted by atomic mass is 10.2. The Bertz CT molecular complexity index is 1020. The van der Waals surface area contributed by atoms with Crippen molar-refractivity contribution in [1.82, 2.24) is 24.8 Å². The second-order valence-corrected chi connectivity index (χ2v) is 8.17. The molecule has 3 aromatic rings. The summed E-state index contributed by atoms with van der Waals surface area (Å²) >= 11 is 0. The molecular formula is C24H31N5O2. The highest BCUT2D eigenvalue weighted by molar-refractivity contribution is 5.92. The van der Waals surface area contributed by atoms with Crippen molar-refractivity contribution >= 4 is 22.8 Å². The van der Waals surface area contributed by atoms with Gasteiger partial charge < -0.3 is 14.8 Å². The number of hydrogen-bond acceptors (Lipinski definition) is 4. The average molecular weight is 422 g/mol. The summed E-state index contributed by atoms with van der Waals surface area (Å²) in [5, 5.41) is 2.90. The maximum Gasteiger partial charge on any atom is 0.269 e. The van der Waals surface area contributed by atoms with E-state index in [-0.39, 0.29) is 30.4 Å². The van der Waals surface area contributed by atoms with Crippen LogP contribution < -0.4 is 5.32 Å². The zero-order valence-corrected chi connectivity index (χ0v) is 18.7. The molecule has 0 radical (unpaired) electrons. The number of carbonyl (C=O) groups excluding carboxylic acids is 2. The molecule has 0 saturated carbocycles. The van der Waals surface area contributed by atoms with Crippen LogP contribution in [0.15, 0.2) is 48.7 Å². The van der Waals surface area contributed by atoms with Crippen molar-refractivity contribution in [3.8, 4) is 0 Å². The van der Waals surface area contributed by atoms with Gasteiger partial charge in [0.15, 0.2) is 0 Å². The van der Waals surface area contributed by atoms with Crippen LogP contribution in [-0.4, -0.2) is 49.9 Å². The molecule has 0 aliphatic rings. The molecule has 1 N–H and O–H groups in total. The van der Waals surface area contributed by atoms with Crippen LogP contribution in [0.25, 0.3) is 11.0 Å². The number of pyridine rings is 1. The summed E-state index contributed by atoms with van der Waals surface area (Å²) in [6, 6.07) is 13.4. The number of benzene rings is 1. The fourth-order valence-electron chi connectivity index (χ4n) is 3.92. The molecule has 7 heteroatoms. The van der Waals surface area contributed by atoms with E-state index in [9.17, 15) is 9.59 Å². The number of amides is 2. The zero-order chi connectivity index (χ0) is 22.4. The van der Waals surface area contributed by atoms with Gasteiger partial charge in [-0.05, 0) is 58.4 Å². The van der Waals surface area contributed by atoms with Crippen molar-refractivity contribution in [2.45, 2.75) is 59.2 Å². The van der Waals surface area contributed by atoms with Gasteiger partial charge >= 0.3 is 0 Å². The standard InChI is InChI=1S/C24H31N5O2/c1-17(2)29(18(3)4)23(30)16-28-21-12-6-5-10-19(21)27-22(28)13-9-15-26-24(31)20-11-7-8-14-25-20/h5-8,10-12,14,17-18H,9,13,15-16H2,1-4H3,(H,26,31). The monoisotopic (exact) mass is 421 g/mol. The summed E-state index contributed by atoms with van der Waals surface area (Å²) in [5.41, 5.74) is 2.24. The molecule has 0 bridgehead atoms. The second-order valence-electron chi connectivity index (χ2n) is 8.17. The Hall–Kier alpha value is -3.22. The molecule has 31 heavy (non-hydrogen) atoms. The van der Waals surface area contributed by atoms with Gasteiger partial charge in [0.2, 0.25) is 5.91 Å². The number of aryl methyl sites for hydroxylation is 1. The van der Waals surface area contributed by atoms with E-state index in [0.29, 0.717) is 25.1 Å². The van der Waals surface area contributed by atoms with E-state index in [0.717, 1.165) is 16.9 Å². The SMILES string of the molecule is CC(C)N(C(=O)Cn1c(CCCNC(=O)c2ccccn2)nc2ccccc21)C(C)C. The van der Waals surface area contributed by atoms with Crippen LogP contribution in [0.3, 0.4) is 0 Å². The van der Waals surface area contributed by atoms with E-state index in [2.05, 4.69) is 10.3 Å². The van der Waals surface area contributed by atoms with Gasteiger partial charge in [-0.25, -0.2) is 4.98 Å². The Morgan fingerprint density at radius 3 is 2.42 bits per heavy atom. The Morgan fingerprint density at radius 2 is 1.74 bits per heavy atom. The Kier molecular flexibility index (Phi) is 7.39. The highest BCUT2D eigenvalue weighted by Gasteiger charge is 2.22. The van der Waals surface area contributed by atoms with E-state index in [1.54, 1.807) is 24.4 Å². The number of carbonyl (C=O) groups is 2. The van der Waals surface area contributed by atoms with E-state index >= 15 is 0 Å². The van der Waals surface area contributed by atoms with Crippen LogP contribution in [0, 0.1) is 0 Å². The highest BCUT2D eigenvalue weighted by atomic mass is 16.2. The molecule has 0 aliphatic heterocycles. The molecule has 1 aromatic carbocycles. The summed E-state index contributed by atoms with van der Waals surface area (Å²) in [6.07, 6.45) is 2.98. The van der Waals surface area contributed by atoms with Gasteiger partial charge in [0.25, 0.3) is 5.91 Å². The number of nitrogens with zero attached hydrogens (tertiary/aromatic N) is 4. The predicted octanol–water partition coefficient (Wildman–Crippen LogP) is 3.44. The zero-order valence-electron chi connectivity index (χ0n) is 18.7. The Balaban J connectivity index is 1.70. The maximum atomic E-state index is 13.1. The Morgan fingerprint density at radius 1 is 1.03 bits per heavy atom. The van der Waals surface area contributed by atoms with Crippen LogP contribution in [0.2, 0.25) is 0 Å². The molecular weight excluding hydrogens is 390 g/mol. The number of rotatable bonds is 9. The normalized spacial score (nSPS) is 11.3. The lowest BCUT2D eigenvalue weighted by molar-refractivity contribution is -0.135. The first kappa shape index (κ1) is 22.5. The molecule has 3 rings (SSSR count). The lowest BCUT2D eigenvalue weighted by Gasteiger charge is -2.31. The molecule has 0 fully saturated rings. The van der Waals surface area contributed by atoms with Gasteiger partial charge in [0.1, 0.15) is 18.1 Å². The number of fused-ring (bicyclic) bond motifs is 1. The number of nitrogens with one attached hydrogen (secondary N) is 1. The smallest absolute Gasteiger partial charge is 0.269 e. The number of para-hydroxylation sites is 2. The summed E-state index contributed by atoms with van der Waals surface area (Å²) < 4.78 is 2.01. The number of imidazole rings is 1. The third-order valence-electron chi connectivity index (χ3n) is 5.19. The first-order valence-electron chi connectivity index (χ1n) is 10.8. The summed E-state index contributed by atoms with van der Waals surface area (Å²) in [7, 11) is 0. The van der Waals surface area contributed by atoms with E-state index in [4.69, 9.17) is 4.98 Å². The van der Waals surface area contributed by atoms with Crippen LogP contribution in [0.4, 0.5) is 0 Å². The second kappa shape index (κ2) is 10.2. The molecule has 0 spiro atoms. The van der Waals surface area contributed by atoms with Crippen molar-refractivity contribution < 1.29 is 9.59 Å². The highest BCUT2D eigenvalue weighted by Crippen LogP contribution is 2.18. The first-order valence-corrected chi connectivity index (χ1v) is 10.8. The fourth-order valence-corrected chi connectivity index (χ4v) is 3.92. The van der Waals surface area contributed by atoms with Gasteiger partial charge in [0, 0.05) is 31.2 Å². The van der Waals surface area contributed by atoms with Crippen molar-refractivity contribution in [2.75, 3.05) is 6.54 Å². The summed E-state index contributed by atoms with van der Waals surface area (Å²) in [6.45, 7) is 8.91.